The van der Waals surface area contributed by atoms with E-state index in [0.29, 0.717) is 0 Å². The molecule has 0 aliphatic heterocycles. The van der Waals surface area contributed by atoms with Crippen LogP contribution in [0.2, 0.25) is 0 Å². The Bertz CT molecular complexity index is 843. The molecule has 0 saturated carbocycles. The third-order valence-corrected chi connectivity index (χ3v) is 5.50. The van der Waals surface area contributed by atoms with Crippen LogP contribution in [0, 0.1) is 6.92 Å². The van der Waals surface area contributed by atoms with E-state index in [9.17, 15) is 5.11 Å². The minimum absolute atomic E-state index is 0.000533. The lowest BCUT2D eigenvalue weighted by molar-refractivity contribution is 0.269. The summed E-state index contributed by atoms with van der Waals surface area (Å²) in [7, 11) is 1.67. The van der Waals surface area contributed by atoms with Gasteiger partial charge in [-0.05, 0) is 42.2 Å². The first kappa shape index (κ1) is 18.5. The second kappa shape index (κ2) is 8.92. The molecular formula is C21H24N2O2S. The Balaban J connectivity index is 1.69. The van der Waals surface area contributed by atoms with Crippen molar-refractivity contribution in [3.63, 3.8) is 0 Å². The highest BCUT2D eigenvalue weighted by Crippen LogP contribution is 2.25. The first-order valence-electron chi connectivity index (χ1n) is 8.66. The van der Waals surface area contributed by atoms with Crippen LogP contribution in [0.3, 0.4) is 0 Å². The van der Waals surface area contributed by atoms with Crippen molar-refractivity contribution in [2.24, 2.45) is 0 Å². The molecule has 3 aromatic rings. The quantitative estimate of drug-likeness (QED) is 0.605. The summed E-state index contributed by atoms with van der Waals surface area (Å²) < 4.78 is 7.33. The summed E-state index contributed by atoms with van der Waals surface area (Å²) in [5.41, 5.74) is 4.69. The van der Waals surface area contributed by atoms with Gasteiger partial charge in [0.1, 0.15) is 5.75 Å². The number of hydrogen-bond donors (Lipinski definition) is 1. The Labute approximate surface area is 158 Å². The molecule has 136 valence electrons. The fourth-order valence-electron chi connectivity index (χ4n) is 2.82. The molecule has 1 N–H and O–H groups in total. The molecule has 0 aliphatic rings. The van der Waals surface area contributed by atoms with Gasteiger partial charge in [0.25, 0.3) is 0 Å². The maximum Gasteiger partial charge on any atom is 0.168 e. The fourth-order valence-corrected chi connectivity index (χ4v) is 3.92. The summed E-state index contributed by atoms with van der Waals surface area (Å²) in [6, 6.07) is 16.5. The van der Waals surface area contributed by atoms with Crippen LogP contribution in [-0.4, -0.2) is 21.8 Å². The molecule has 0 amide bonds. The predicted molar refractivity (Wildman–Crippen MR) is 106 cm³/mol. The normalized spacial score (nSPS) is 10.9. The lowest BCUT2D eigenvalue weighted by Crippen LogP contribution is -2.07. The largest absolute Gasteiger partial charge is 0.497 e. The Morgan fingerprint density at radius 1 is 1.12 bits per heavy atom. The van der Waals surface area contributed by atoms with Crippen LogP contribution in [0.15, 0.2) is 59.9 Å². The minimum Gasteiger partial charge on any atom is -0.497 e. The first-order chi connectivity index (χ1) is 12.7. The van der Waals surface area contributed by atoms with Crippen molar-refractivity contribution in [1.82, 2.24) is 9.55 Å². The Morgan fingerprint density at radius 2 is 1.88 bits per heavy atom. The smallest absolute Gasteiger partial charge is 0.168 e. The zero-order valence-electron chi connectivity index (χ0n) is 15.2. The highest BCUT2D eigenvalue weighted by molar-refractivity contribution is 7.98. The molecule has 0 radical (unpaired) electrons. The van der Waals surface area contributed by atoms with Crippen LogP contribution in [0.5, 0.6) is 5.75 Å². The maximum absolute atomic E-state index is 9.64. The van der Waals surface area contributed by atoms with Gasteiger partial charge in [-0.15, -0.1) is 0 Å². The van der Waals surface area contributed by atoms with Gasteiger partial charge < -0.3 is 14.4 Å². The Hall–Kier alpha value is -2.24. The number of hydrogen-bond acceptors (Lipinski definition) is 4. The average Bonchev–Trinajstić information content (AvgIpc) is 3.08. The zero-order chi connectivity index (χ0) is 18.4. The van der Waals surface area contributed by atoms with Crippen molar-refractivity contribution < 1.29 is 9.84 Å². The van der Waals surface area contributed by atoms with E-state index in [0.717, 1.165) is 35.3 Å². The number of rotatable bonds is 8. The number of benzene rings is 2. The van der Waals surface area contributed by atoms with Gasteiger partial charge in [0, 0.05) is 12.3 Å². The molecule has 5 heteroatoms. The Kier molecular flexibility index (Phi) is 6.36. The van der Waals surface area contributed by atoms with Crippen molar-refractivity contribution in [1.29, 1.82) is 0 Å². The average molecular weight is 369 g/mol. The van der Waals surface area contributed by atoms with E-state index in [-0.39, 0.29) is 6.61 Å². The lowest BCUT2D eigenvalue weighted by atomic mass is 10.1. The van der Waals surface area contributed by atoms with E-state index in [4.69, 9.17) is 4.74 Å². The summed E-state index contributed by atoms with van der Waals surface area (Å²) >= 11 is 1.71. The molecule has 1 aromatic heterocycles. The summed E-state index contributed by atoms with van der Waals surface area (Å²) in [6.45, 7) is 2.92. The monoisotopic (exact) mass is 368 g/mol. The summed E-state index contributed by atoms with van der Waals surface area (Å²) in [5, 5.41) is 10.6. The van der Waals surface area contributed by atoms with Crippen molar-refractivity contribution in [2.75, 3.05) is 7.11 Å². The van der Waals surface area contributed by atoms with Gasteiger partial charge in [-0.1, -0.05) is 48.2 Å². The van der Waals surface area contributed by atoms with Crippen molar-refractivity contribution in [3.8, 4) is 5.75 Å². The molecule has 4 nitrogen and oxygen atoms in total. The van der Waals surface area contributed by atoms with E-state index in [1.165, 1.54) is 16.7 Å². The summed E-state index contributed by atoms with van der Waals surface area (Å²) in [5.74, 6) is 1.73. The number of aromatic nitrogens is 2. The minimum atomic E-state index is 0.000533. The topological polar surface area (TPSA) is 47.3 Å². The molecule has 0 aliphatic carbocycles. The highest BCUT2D eigenvalue weighted by Gasteiger charge is 2.11. The lowest BCUT2D eigenvalue weighted by Gasteiger charge is -2.12. The molecule has 3 rings (SSSR count). The van der Waals surface area contributed by atoms with Gasteiger partial charge in [-0.3, -0.25) is 0 Å². The number of thioether (sulfide) groups is 1. The molecule has 26 heavy (non-hydrogen) atoms. The van der Waals surface area contributed by atoms with E-state index in [1.807, 2.05) is 12.1 Å². The zero-order valence-corrected chi connectivity index (χ0v) is 16.0. The molecule has 0 bridgehead atoms. The standard InChI is InChI=1S/C21H24N2O2S/c1-16-5-3-4-6-18(16)15-26-21-22-13-19(14-24)23(21)12-11-17-7-9-20(25-2)10-8-17/h3-10,13,24H,11-12,14-15H2,1-2H3. The van der Waals surface area contributed by atoms with E-state index >= 15 is 0 Å². The molecule has 0 saturated heterocycles. The molecule has 1 heterocycles. The summed E-state index contributed by atoms with van der Waals surface area (Å²) in [4.78, 5) is 4.52. The van der Waals surface area contributed by atoms with E-state index in [2.05, 4.69) is 52.9 Å². The van der Waals surface area contributed by atoms with E-state index in [1.54, 1.807) is 25.1 Å². The second-order valence-electron chi connectivity index (χ2n) is 6.16. The second-order valence-corrected chi connectivity index (χ2v) is 7.10. The number of aliphatic hydroxyl groups excluding tert-OH is 1. The number of aryl methyl sites for hydroxylation is 2. The fraction of sp³-hybridized carbons (Fsp3) is 0.286. The molecule has 0 unspecified atom stereocenters. The first-order valence-corrected chi connectivity index (χ1v) is 9.65. The van der Waals surface area contributed by atoms with Gasteiger partial charge >= 0.3 is 0 Å². The van der Waals surface area contributed by atoms with Gasteiger partial charge in [0.15, 0.2) is 5.16 Å². The SMILES string of the molecule is COc1ccc(CCn2c(CO)cnc2SCc2ccccc2C)cc1. The third kappa shape index (κ3) is 4.48. The van der Waals surface area contributed by atoms with Crippen LogP contribution < -0.4 is 4.74 Å². The van der Waals surface area contributed by atoms with Crippen molar-refractivity contribution >= 4 is 11.8 Å². The number of methoxy groups -OCH3 is 1. The highest BCUT2D eigenvalue weighted by atomic mass is 32.2. The van der Waals surface area contributed by atoms with Gasteiger partial charge in [0.05, 0.1) is 25.6 Å². The number of nitrogens with zero attached hydrogens (tertiary/aromatic N) is 2. The van der Waals surface area contributed by atoms with Gasteiger partial charge in [0.2, 0.25) is 0 Å². The predicted octanol–water partition coefficient (Wildman–Crippen LogP) is 4.23. The van der Waals surface area contributed by atoms with Crippen molar-refractivity contribution in [3.05, 3.63) is 77.1 Å². The van der Waals surface area contributed by atoms with Crippen LogP contribution >= 0.6 is 11.8 Å². The van der Waals surface area contributed by atoms with E-state index < -0.39 is 0 Å². The van der Waals surface area contributed by atoms with Gasteiger partial charge in [-0.25, -0.2) is 4.98 Å². The Morgan fingerprint density at radius 3 is 2.58 bits per heavy atom. The number of imidazole rings is 1. The van der Waals surface area contributed by atoms with Crippen LogP contribution in [0.4, 0.5) is 0 Å². The molecule has 0 atom stereocenters. The molecule has 0 fully saturated rings. The van der Waals surface area contributed by atoms with Gasteiger partial charge in [-0.2, -0.15) is 0 Å². The number of aliphatic hydroxyl groups is 1. The van der Waals surface area contributed by atoms with Crippen LogP contribution in [0.25, 0.3) is 0 Å². The number of ether oxygens (including phenoxy) is 1. The summed E-state index contributed by atoms with van der Waals surface area (Å²) in [6.07, 6.45) is 2.65. The van der Waals surface area contributed by atoms with Crippen LogP contribution in [0.1, 0.15) is 22.4 Å². The molecule has 0 spiro atoms. The maximum atomic E-state index is 9.64. The molecule has 2 aromatic carbocycles. The molecular weight excluding hydrogens is 344 g/mol. The van der Waals surface area contributed by atoms with Crippen LogP contribution in [-0.2, 0) is 25.3 Å². The third-order valence-electron chi connectivity index (χ3n) is 4.46. The van der Waals surface area contributed by atoms with Crippen molar-refractivity contribution in [2.45, 2.75) is 37.4 Å².